The van der Waals surface area contributed by atoms with Crippen LogP contribution in [-0.4, -0.2) is 22.4 Å². The maximum absolute atomic E-state index is 10.5. The lowest BCUT2D eigenvalue weighted by Gasteiger charge is -2.12. The summed E-state index contributed by atoms with van der Waals surface area (Å²) in [5, 5.41) is 17.1. The van der Waals surface area contributed by atoms with Crippen LogP contribution < -0.4 is 4.90 Å². The van der Waals surface area contributed by atoms with Crippen LogP contribution in [0, 0.1) is 0 Å². The maximum atomic E-state index is 10.5. The van der Waals surface area contributed by atoms with E-state index in [0.717, 1.165) is 0 Å². The quantitative estimate of drug-likeness (QED) is 0.692. The first kappa shape index (κ1) is 9.05. The summed E-state index contributed by atoms with van der Waals surface area (Å²) in [5.41, 5.74) is 0.113. The van der Waals surface area contributed by atoms with Crippen molar-refractivity contribution in [3.05, 3.63) is 30.3 Å². The van der Waals surface area contributed by atoms with Crippen molar-refractivity contribution in [3.8, 4) is 0 Å². The molecule has 0 spiro atoms. The molecule has 1 aromatic carbocycles. The Bertz CT molecular complexity index is 308. The molecule has 13 heavy (non-hydrogen) atoms. The van der Waals surface area contributed by atoms with E-state index in [0.29, 0.717) is 0 Å². The van der Waals surface area contributed by atoms with E-state index in [-0.39, 0.29) is 10.6 Å². The Morgan fingerprint density at radius 1 is 1.00 bits per heavy atom. The van der Waals surface area contributed by atoms with E-state index in [1.807, 2.05) is 0 Å². The molecule has 1 aromatic rings. The highest BCUT2D eigenvalue weighted by atomic mass is 16.4. The number of amides is 2. The predicted octanol–water partition coefficient (Wildman–Crippen LogP) is 1.85. The van der Waals surface area contributed by atoms with Gasteiger partial charge >= 0.3 is 12.2 Å². The van der Waals surface area contributed by atoms with Crippen molar-refractivity contribution in [2.75, 3.05) is 4.90 Å². The number of carboxylic acid groups (broad SMARTS) is 2. The molecule has 0 bridgehead atoms. The summed E-state index contributed by atoms with van der Waals surface area (Å²) in [5.74, 6) is 0. The summed E-state index contributed by atoms with van der Waals surface area (Å²) in [6.07, 6.45) is -3.03. The fourth-order valence-corrected chi connectivity index (χ4v) is 0.880. The molecule has 0 aliphatic carbocycles. The van der Waals surface area contributed by atoms with Gasteiger partial charge in [-0.1, -0.05) is 18.2 Å². The molecule has 0 aliphatic heterocycles. The molecule has 0 unspecified atom stereocenters. The van der Waals surface area contributed by atoms with Crippen LogP contribution in [0.5, 0.6) is 0 Å². The molecule has 2 amide bonds. The zero-order valence-corrected chi connectivity index (χ0v) is 6.54. The first-order valence-corrected chi connectivity index (χ1v) is 3.44. The van der Waals surface area contributed by atoms with Gasteiger partial charge < -0.3 is 10.2 Å². The smallest absolute Gasteiger partial charge is 0.421 e. The molecule has 0 atom stereocenters. The molecule has 5 nitrogen and oxygen atoms in total. The molecule has 2 N–H and O–H groups in total. The van der Waals surface area contributed by atoms with Crippen LogP contribution in [0.25, 0.3) is 0 Å². The predicted molar refractivity (Wildman–Crippen MR) is 45.0 cm³/mol. The number of anilines is 1. The minimum absolute atomic E-state index is 0.113. The monoisotopic (exact) mass is 181 g/mol. The zero-order valence-electron chi connectivity index (χ0n) is 6.54. The van der Waals surface area contributed by atoms with Crippen molar-refractivity contribution in [1.82, 2.24) is 0 Å². The Morgan fingerprint density at radius 2 is 1.46 bits per heavy atom. The molecule has 5 heteroatoms. The highest BCUT2D eigenvalue weighted by molar-refractivity contribution is 6.07. The van der Waals surface area contributed by atoms with Gasteiger partial charge in [0.1, 0.15) is 0 Å². The third-order valence-corrected chi connectivity index (χ3v) is 1.40. The maximum Gasteiger partial charge on any atom is 0.421 e. The molecule has 1 rings (SSSR count). The largest absolute Gasteiger partial charge is 0.464 e. The number of carbonyl (C=O) groups is 2. The average molecular weight is 181 g/mol. The van der Waals surface area contributed by atoms with Crippen LogP contribution in [0.3, 0.4) is 0 Å². The Hall–Kier alpha value is -2.04. The van der Waals surface area contributed by atoms with E-state index in [9.17, 15) is 9.59 Å². The SMILES string of the molecule is O=C(O)N(C(=O)O)c1ccccc1. The summed E-state index contributed by atoms with van der Waals surface area (Å²) in [6.45, 7) is 0. The fourth-order valence-electron chi connectivity index (χ4n) is 0.880. The Balaban J connectivity index is 3.03. The summed E-state index contributed by atoms with van der Waals surface area (Å²) < 4.78 is 0. The van der Waals surface area contributed by atoms with Gasteiger partial charge in [-0.3, -0.25) is 0 Å². The standard InChI is InChI=1S/C8H7NO4/c10-7(11)9(8(12)13)6-4-2-1-3-5-6/h1-5H,(H,10,11)(H,12,13). The van der Waals surface area contributed by atoms with Crippen LogP contribution in [0.1, 0.15) is 0 Å². The molecule has 0 aliphatic rings. The van der Waals surface area contributed by atoms with Gasteiger partial charge in [-0.15, -0.1) is 0 Å². The zero-order chi connectivity index (χ0) is 9.84. The average Bonchev–Trinajstić information content (AvgIpc) is 2.04. The van der Waals surface area contributed by atoms with E-state index in [1.54, 1.807) is 18.2 Å². The first-order chi connectivity index (χ1) is 6.13. The van der Waals surface area contributed by atoms with Crippen LogP contribution in [0.4, 0.5) is 15.3 Å². The highest BCUT2D eigenvalue weighted by Gasteiger charge is 2.20. The third-order valence-electron chi connectivity index (χ3n) is 1.40. The number of hydrogen-bond acceptors (Lipinski definition) is 2. The third kappa shape index (κ3) is 1.96. The topological polar surface area (TPSA) is 77.8 Å². The number of para-hydroxylation sites is 1. The number of benzene rings is 1. The van der Waals surface area contributed by atoms with Crippen molar-refractivity contribution in [3.63, 3.8) is 0 Å². The van der Waals surface area contributed by atoms with E-state index < -0.39 is 12.2 Å². The minimum Gasteiger partial charge on any atom is -0.464 e. The van der Waals surface area contributed by atoms with E-state index in [2.05, 4.69) is 0 Å². The number of hydrogen-bond donors (Lipinski definition) is 2. The lowest BCUT2D eigenvalue weighted by atomic mass is 10.3. The number of nitrogens with zero attached hydrogens (tertiary/aromatic N) is 1. The van der Waals surface area contributed by atoms with E-state index >= 15 is 0 Å². The second-order valence-electron chi connectivity index (χ2n) is 2.24. The molecule has 0 aromatic heterocycles. The van der Waals surface area contributed by atoms with E-state index in [4.69, 9.17) is 10.2 Å². The van der Waals surface area contributed by atoms with Crippen molar-refractivity contribution in [2.45, 2.75) is 0 Å². The van der Waals surface area contributed by atoms with Crippen LogP contribution in [-0.2, 0) is 0 Å². The second-order valence-corrected chi connectivity index (χ2v) is 2.24. The van der Waals surface area contributed by atoms with Gasteiger partial charge in [0.15, 0.2) is 0 Å². The molecular formula is C8H7NO4. The number of rotatable bonds is 1. The van der Waals surface area contributed by atoms with Gasteiger partial charge in [0.2, 0.25) is 0 Å². The van der Waals surface area contributed by atoms with Gasteiger partial charge in [0, 0.05) is 0 Å². The van der Waals surface area contributed by atoms with Crippen molar-refractivity contribution < 1.29 is 19.8 Å². The Morgan fingerprint density at radius 3 is 1.85 bits per heavy atom. The second kappa shape index (κ2) is 3.57. The molecule has 0 fully saturated rings. The molecule has 0 radical (unpaired) electrons. The summed E-state index contributed by atoms with van der Waals surface area (Å²) in [4.78, 5) is 21.2. The van der Waals surface area contributed by atoms with Gasteiger partial charge in [-0.05, 0) is 12.1 Å². The first-order valence-electron chi connectivity index (χ1n) is 3.44. The van der Waals surface area contributed by atoms with Gasteiger partial charge in [-0.2, -0.15) is 4.90 Å². The summed E-state index contributed by atoms with van der Waals surface area (Å²) in [6, 6.07) is 7.61. The number of imide groups is 1. The minimum atomic E-state index is -1.52. The van der Waals surface area contributed by atoms with Gasteiger partial charge in [0.25, 0.3) is 0 Å². The normalized spacial score (nSPS) is 9.23. The molecule has 0 saturated heterocycles. The Kier molecular flexibility index (Phi) is 2.49. The summed E-state index contributed by atoms with van der Waals surface area (Å²) in [7, 11) is 0. The van der Waals surface area contributed by atoms with Crippen LogP contribution in [0.15, 0.2) is 30.3 Å². The molecule has 0 saturated carbocycles. The Labute approximate surface area is 73.8 Å². The highest BCUT2D eigenvalue weighted by Crippen LogP contribution is 2.12. The molecule has 0 heterocycles. The lowest BCUT2D eigenvalue weighted by Crippen LogP contribution is -2.34. The van der Waals surface area contributed by atoms with E-state index in [1.165, 1.54) is 12.1 Å². The van der Waals surface area contributed by atoms with Gasteiger partial charge in [-0.25, -0.2) is 9.59 Å². The van der Waals surface area contributed by atoms with Crippen molar-refractivity contribution >= 4 is 17.9 Å². The van der Waals surface area contributed by atoms with Crippen LogP contribution >= 0.6 is 0 Å². The van der Waals surface area contributed by atoms with Crippen LogP contribution in [0.2, 0.25) is 0 Å². The molecule has 68 valence electrons. The van der Waals surface area contributed by atoms with Crippen molar-refractivity contribution in [1.29, 1.82) is 0 Å². The summed E-state index contributed by atoms with van der Waals surface area (Å²) >= 11 is 0. The van der Waals surface area contributed by atoms with Crippen molar-refractivity contribution in [2.24, 2.45) is 0 Å². The lowest BCUT2D eigenvalue weighted by molar-refractivity contribution is 0.184. The van der Waals surface area contributed by atoms with Gasteiger partial charge in [0.05, 0.1) is 5.69 Å². The fraction of sp³-hybridized carbons (Fsp3) is 0. The molecular weight excluding hydrogens is 174 g/mol.